The minimum absolute atomic E-state index is 0. The minimum Gasteiger partial charge on any atom is -0.344 e. The molecule has 3 rings (SSSR count). The molecule has 0 aliphatic carbocycles. The van der Waals surface area contributed by atoms with Gasteiger partial charge in [-0.1, -0.05) is 12.1 Å². The molecule has 8 heteroatoms. The van der Waals surface area contributed by atoms with E-state index in [0.717, 1.165) is 20.8 Å². The SMILES string of the molecule is N.O=S(=O)(O)Nc1ccc(-c2nc3ccccc3s2)cc1. The number of nitrogens with zero attached hydrogens (tertiary/aromatic N) is 1. The van der Waals surface area contributed by atoms with Gasteiger partial charge in [0.25, 0.3) is 0 Å². The Morgan fingerprint density at radius 2 is 1.71 bits per heavy atom. The van der Waals surface area contributed by atoms with Crippen LogP contribution in [-0.2, 0) is 10.3 Å². The van der Waals surface area contributed by atoms with Crippen LogP contribution in [0.1, 0.15) is 0 Å². The molecular formula is C13H13N3O3S2. The van der Waals surface area contributed by atoms with Gasteiger partial charge in [-0.2, -0.15) is 8.42 Å². The Balaban J connectivity index is 0.00000161. The highest BCUT2D eigenvalue weighted by Gasteiger charge is 2.07. The molecule has 0 saturated carbocycles. The molecule has 6 nitrogen and oxygen atoms in total. The normalized spacial score (nSPS) is 11.1. The summed E-state index contributed by atoms with van der Waals surface area (Å²) in [6, 6.07) is 14.5. The van der Waals surface area contributed by atoms with Crippen LogP contribution in [0.4, 0.5) is 5.69 Å². The van der Waals surface area contributed by atoms with Gasteiger partial charge in [0.15, 0.2) is 0 Å². The molecule has 0 aliphatic rings. The van der Waals surface area contributed by atoms with Crippen molar-refractivity contribution in [3.8, 4) is 10.6 Å². The van der Waals surface area contributed by atoms with Gasteiger partial charge >= 0.3 is 10.3 Å². The second-order valence-electron chi connectivity index (χ2n) is 4.14. The summed E-state index contributed by atoms with van der Waals surface area (Å²) >= 11 is 1.57. The molecule has 2 aromatic carbocycles. The highest BCUT2D eigenvalue weighted by atomic mass is 32.2. The second-order valence-corrected chi connectivity index (χ2v) is 6.33. The van der Waals surface area contributed by atoms with Crippen molar-refractivity contribution in [3.05, 3.63) is 48.5 Å². The smallest absolute Gasteiger partial charge is 0.344 e. The number of thiazole rings is 1. The fourth-order valence-corrected chi connectivity index (χ4v) is 3.23. The molecule has 0 fully saturated rings. The number of nitrogens with one attached hydrogen (secondary N) is 1. The van der Waals surface area contributed by atoms with Crippen LogP contribution < -0.4 is 10.9 Å². The number of aromatic nitrogens is 1. The zero-order valence-electron chi connectivity index (χ0n) is 10.9. The summed E-state index contributed by atoms with van der Waals surface area (Å²) in [7, 11) is -4.24. The molecule has 1 aromatic heterocycles. The van der Waals surface area contributed by atoms with Crippen molar-refractivity contribution < 1.29 is 13.0 Å². The zero-order chi connectivity index (χ0) is 14.2. The lowest BCUT2D eigenvalue weighted by Gasteiger charge is -2.02. The monoisotopic (exact) mass is 323 g/mol. The number of benzene rings is 2. The molecule has 0 radical (unpaired) electrons. The van der Waals surface area contributed by atoms with Crippen molar-refractivity contribution in [1.29, 1.82) is 0 Å². The van der Waals surface area contributed by atoms with Crippen molar-refractivity contribution in [1.82, 2.24) is 11.1 Å². The van der Waals surface area contributed by atoms with Crippen LogP contribution in [-0.4, -0.2) is 18.0 Å². The number of fused-ring (bicyclic) bond motifs is 1. The number of hydrogen-bond donors (Lipinski definition) is 3. The van der Waals surface area contributed by atoms with Gasteiger partial charge in [0.05, 0.1) is 15.9 Å². The summed E-state index contributed by atoms with van der Waals surface area (Å²) in [4.78, 5) is 4.52. The van der Waals surface area contributed by atoms with E-state index in [0.29, 0.717) is 5.69 Å². The largest absolute Gasteiger partial charge is 0.357 e. The molecule has 0 amide bonds. The first-order valence-corrected chi connectivity index (χ1v) is 7.98. The Bertz CT molecular complexity index is 825. The van der Waals surface area contributed by atoms with E-state index < -0.39 is 10.3 Å². The van der Waals surface area contributed by atoms with Gasteiger partial charge in [-0.15, -0.1) is 11.3 Å². The second kappa shape index (κ2) is 5.78. The highest BCUT2D eigenvalue weighted by molar-refractivity contribution is 7.87. The van der Waals surface area contributed by atoms with E-state index >= 15 is 0 Å². The van der Waals surface area contributed by atoms with Gasteiger partial charge in [-0.25, -0.2) is 4.98 Å². The predicted octanol–water partition coefficient (Wildman–Crippen LogP) is 3.34. The molecule has 0 aliphatic heterocycles. The van der Waals surface area contributed by atoms with Crippen molar-refractivity contribution in [2.24, 2.45) is 0 Å². The predicted molar refractivity (Wildman–Crippen MR) is 85.2 cm³/mol. The molecular weight excluding hydrogens is 310 g/mol. The molecule has 21 heavy (non-hydrogen) atoms. The Kier molecular flexibility index (Phi) is 4.24. The molecule has 0 saturated heterocycles. The van der Waals surface area contributed by atoms with E-state index in [1.807, 2.05) is 29.0 Å². The third-order valence-electron chi connectivity index (χ3n) is 2.67. The quantitative estimate of drug-likeness (QED) is 0.639. The summed E-state index contributed by atoms with van der Waals surface area (Å²) in [5.41, 5.74) is 2.14. The zero-order valence-corrected chi connectivity index (χ0v) is 12.5. The molecule has 5 N–H and O–H groups in total. The van der Waals surface area contributed by atoms with Crippen LogP contribution in [0.5, 0.6) is 0 Å². The Morgan fingerprint density at radius 1 is 1.05 bits per heavy atom. The number of anilines is 1. The standard InChI is InChI=1S/C13H10N2O3S2.H3N/c16-20(17,18)15-10-7-5-9(6-8-10)13-14-11-3-1-2-4-12(11)19-13;/h1-8,15H,(H,16,17,18);1H3. The lowest BCUT2D eigenvalue weighted by atomic mass is 10.2. The number of para-hydroxylation sites is 1. The fraction of sp³-hybridized carbons (Fsp3) is 0. The molecule has 0 atom stereocenters. The first-order valence-electron chi connectivity index (χ1n) is 5.72. The Morgan fingerprint density at radius 3 is 2.33 bits per heavy atom. The summed E-state index contributed by atoms with van der Waals surface area (Å²) in [5.74, 6) is 0. The number of hydrogen-bond acceptors (Lipinski definition) is 5. The lowest BCUT2D eigenvalue weighted by Crippen LogP contribution is -2.09. The van der Waals surface area contributed by atoms with Gasteiger partial charge in [-0.05, 0) is 36.4 Å². The Hall–Kier alpha value is -2.00. The van der Waals surface area contributed by atoms with E-state index in [-0.39, 0.29) is 6.15 Å². The average Bonchev–Trinajstić information content (AvgIpc) is 2.81. The topological polar surface area (TPSA) is 114 Å². The molecule has 1 heterocycles. The van der Waals surface area contributed by atoms with Crippen molar-refractivity contribution in [2.75, 3.05) is 4.72 Å². The molecule has 0 bridgehead atoms. The summed E-state index contributed by atoms with van der Waals surface area (Å²) < 4.78 is 33.2. The summed E-state index contributed by atoms with van der Waals surface area (Å²) in [6.07, 6.45) is 0. The molecule has 3 aromatic rings. The van der Waals surface area contributed by atoms with Crippen molar-refractivity contribution in [2.45, 2.75) is 0 Å². The van der Waals surface area contributed by atoms with Crippen LogP contribution in [0.3, 0.4) is 0 Å². The van der Waals surface area contributed by atoms with Gasteiger partial charge in [-0.3, -0.25) is 9.27 Å². The van der Waals surface area contributed by atoms with Crippen molar-refractivity contribution >= 4 is 37.5 Å². The van der Waals surface area contributed by atoms with E-state index in [1.165, 1.54) is 0 Å². The number of rotatable bonds is 3. The van der Waals surface area contributed by atoms with Gasteiger partial charge < -0.3 is 6.15 Å². The summed E-state index contributed by atoms with van der Waals surface area (Å²) in [5, 5.41) is 0.865. The van der Waals surface area contributed by atoms with E-state index in [4.69, 9.17) is 4.55 Å². The Labute approximate surface area is 125 Å². The van der Waals surface area contributed by atoms with Gasteiger partial charge in [0.2, 0.25) is 0 Å². The van der Waals surface area contributed by atoms with Crippen LogP contribution >= 0.6 is 11.3 Å². The van der Waals surface area contributed by atoms with E-state index in [1.54, 1.807) is 35.6 Å². The van der Waals surface area contributed by atoms with E-state index in [2.05, 4.69) is 4.98 Å². The van der Waals surface area contributed by atoms with Crippen LogP contribution in [0.25, 0.3) is 20.8 Å². The van der Waals surface area contributed by atoms with Gasteiger partial charge in [0, 0.05) is 5.56 Å². The van der Waals surface area contributed by atoms with Crippen LogP contribution in [0.2, 0.25) is 0 Å². The maximum absolute atomic E-state index is 10.7. The average molecular weight is 323 g/mol. The highest BCUT2D eigenvalue weighted by Crippen LogP contribution is 2.30. The van der Waals surface area contributed by atoms with Gasteiger partial charge in [0.1, 0.15) is 5.01 Å². The summed E-state index contributed by atoms with van der Waals surface area (Å²) in [6.45, 7) is 0. The first kappa shape index (κ1) is 15.4. The third-order valence-corrected chi connectivity index (χ3v) is 4.25. The third kappa shape index (κ3) is 3.56. The molecule has 0 spiro atoms. The maximum atomic E-state index is 10.7. The van der Waals surface area contributed by atoms with E-state index in [9.17, 15) is 8.42 Å². The minimum atomic E-state index is -4.24. The van der Waals surface area contributed by atoms with Crippen LogP contribution in [0, 0.1) is 0 Å². The van der Waals surface area contributed by atoms with Crippen LogP contribution in [0.15, 0.2) is 48.5 Å². The van der Waals surface area contributed by atoms with Crippen molar-refractivity contribution in [3.63, 3.8) is 0 Å². The fourth-order valence-electron chi connectivity index (χ4n) is 1.83. The lowest BCUT2D eigenvalue weighted by molar-refractivity contribution is 0.489. The molecule has 110 valence electrons. The first-order chi connectivity index (χ1) is 9.51. The maximum Gasteiger partial charge on any atom is 0.357 e. The molecule has 0 unspecified atom stereocenters.